The molecule has 0 aliphatic carbocycles. The van der Waals surface area contributed by atoms with Crippen molar-refractivity contribution in [2.45, 2.75) is 39.5 Å². The van der Waals surface area contributed by atoms with Gasteiger partial charge in [0, 0.05) is 26.2 Å². The van der Waals surface area contributed by atoms with Crippen molar-refractivity contribution in [3.8, 4) is 0 Å². The average molecular weight is 266 g/mol. The molecular weight excluding hydrogens is 236 g/mol. The van der Waals surface area contributed by atoms with Gasteiger partial charge in [-0.1, -0.05) is 13.8 Å². The molecule has 0 spiro atoms. The highest BCUT2D eigenvalue weighted by molar-refractivity contribution is 5.78. The van der Waals surface area contributed by atoms with Gasteiger partial charge in [0.25, 0.3) is 0 Å². The van der Waals surface area contributed by atoms with Crippen molar-refractivity contribution in [1.82, 2.24) is 9.80 Å². The van der Waals surface area contributed by atoms with Gasteiger partial charge in [-0.05, 0) is 50.6 Å². The first-order chi connectivity index (χ1) is 9.15. The van der Waals surface area contributed by atoms with E-state index in [-0.39, 0.29) is 0 Å². The van der Waals surface area contributed by atoms with Crippen LogP contribution in [0.4, 0.5) is 0 Å². The molecule has 2 fully saturated rings. The lowest BCUT2D eigenvalue weighted by Crippen LogP contribution is -2.43. The molecule has 0 radical (unpaired) electrons. The second kappa shape index (κ2) is 7.13. The zero-order valence-electron chi connectivity index (χ0n) is 12.6. The molecule has 2 saturated heterocycles. The molecule has 2 aliphatic rings. The molecule has 2 rings (SSSR count). The van der Waals surface area contributed by atoms with E-state index in [2.05, 4.69) is 28.6 Å². The van der Waals surface area contributed by atoms with Crippen molar-refractivity contribution in [3.63, 3.8) is 0 Å². The fourth-order valence-corrected chi connectivity index (χ4v) is 3.21. The highest BCUT2D eigenvalue weighted by atomic mass is 15.3. The SMILES string of the molecule is CC(CN=C(N)N1CCCC(C)C1)CN1CCCC1. The third-order valence-electron chi connectivity index (χ3n) is 4.31. The van der Waals surface area contributed by atoms with E-state index < -0.39 is 0 Å². The fourth-order valence-electron chi connectivity index (χ4n) is 3.21. The first-order valence-electron chi connectivity index (χ1n) is 7.92. The Hall–Kier alpha value is -0.770. The van der Waals surface area contributed by atoms with Gasteiger partial charge in [0.1, 0.15) is 0 Å². The second-order valence-corrected chi connectivity index (χ2v) is 6.51. The van der Waals surface area contributed by atoms with Gasteiger partial charge >= 0.3 is 0 Å². The number of rotatable bonds is 4. The summed E-state index contributed by atoms with van der Waals surface area (Å²) in [5.74, 6) is 2.13. The Balaban J connectivity index is 1.73. The zero-order chi connectivity index (χ0) is 13.7. The van der Waals surface area contributed by atoms with Gasteiger partial charge in [0.2, 0.25) is 0 Å². The Morgan fingerprint density at radius 1 is 1.26 bits per heavy atom. The van der Waals surface area contributed by atoms with Crippen LogP contribution in [0, 0.1) is 11.8 Å². The van der Waals surface area contributed by atoms with Gasteiger partial charge in [0.15, 0.2) is 5.96 Å². The van der Waals surface area contributed by atoms with E-state index in [1.54, 1.807) is 0 Å². The van der Waals surface area contributed by atoms with E-state index in [0.29, 0.717) is 5.92 Å². The fraction of sp³-hybridized carbons (Fsp3) is 0.933. The molecule has 4 nitrogen and oxygen atoms in total. The first kappa shape index (κ1) is 14.6. The van der Waals surface area contributed by atoms with E-state index in [0.717, 1.165) is 31.5 Å². The predicted octanol–water partition coefficient (Wildman–Crippen LogP) is 1.76. The molecule has 19 heavy (non-hydrogen) atoms. The number of likely N-dealkylation sites (tertiary alicyclic amines) is 2. The maximum atomic E-state index is 6.13. The standard InChI is InChI=1S/C15H30N4/c1-13-6-5-9-19(12-13)15(16)17-10-14(2)11-18-7-3-4-8-18/h13-14H,3-12H2,1-2H3,(H2,16,17). The quantitative estimate of drug-likeness (QED) is 0.623. The molecule has 0 aromatic carbocycles. The summed E-state index contributed by atoms with van der Waals surface area (Å²) in [4.78, 5) is 9.43. The van der Waals surface area contributed by atoms with Gasteiger partial charge in [-0.2, -0.15) is 0 Å². The molecule has 110 valence electrons. The minimum absolute atomic E-state index is 0.610. The highest BCUT2D eigenvalue weighted by Crippen LogP contribution is 2.15. The molecule has 0 saturated carbocycles. The summed E-state index contributed by atoms with van der Waals surface area (Å²) >= 11 is 0. The van der Waals surface area contributed by atoms with E-state index >= 15 is 0 Å². The molecule has 2 atom stereocenters. The second-order valence-electron chi connectivity index (χ2n) is 6.51. The largest absolute Gasteiger partial charge is 0.370 e. The monoisotopic (exact) mass is 266 g/mol. The van der Waals surface area contributed by atoms with Gasteiger partial charge < -0.3 is 15.5 Å². The van der Waals surface area contributed by atoms with E-state index in [4.69, 9.17) is 5.73 Å². The summed E-state index contributed by atoms with van der Waals surface area (Å²) in [6.45, 7) is 11.3. The van der Waals surface area contributed by atoms with Gasteiger partial charge in [-0.3, -0.25) is 4.99 Å². The Kier molecular flexibility index (Phi) is 5.49. The van der Waals surface area contributed by atoms with Crippen LogP contribution in [-0.2, 0) is 0 Å². The van der Waals surface area contributed by atoms with Crippen LogP contribution in [0.1, 0.15) is 39.5 Å². The molecule has 2 heterocycles. The Labute approximate surface area is 118 Å². The summed E-state index contributed by atoms with van der Waals surface area (Å²) in [6.07, 6.45) is 5.31. The van der Waals surface area contributed by atoms with Crippen molar-refractivity contribution in [3.05, 3.63) is 0 Å². The number of hydrogen-bond donors (Lipinski definition) is 1. The first-order valence-corrected chi connectivity index (χ1v) is 7.92. The molecule has 2 N–H and O–H groups in total. The van der Waals surface area contributed by atoms with Crippen LogP contribution in [-0.4, -0.2) is 55.0 Å². The Morgan fingerprint density at radius 3 is 2.68 bits per heavy atom. The van der Waals surface area contributed by atoms with Crippen molar-refractivity contribution < 1.29 is 0 Å². The van der Waals surface area contributed by atoms with Crippen LogP contribution in [0.15, 0.2) is 4.99 Å². The third kappa shape index (κ3) is 4.68. The lowest BCUT2D eigenvalue weighted by Gasteiger charge is -2.31. The predicted molar refractivity (Wildman–Crippen MR) is 81.3 cm³/mol. The van der Waals surface area contributed by atoms with Crippen LogP contribution >= 0.6 is 0 Å². The average Bonchev–Trinajstić information content (AvgIpc) is 2.88. The van der Waals surface area contributed by atoms with E-state index in [1.807, 2.05) is 0 Å². The van der Waals surface area contributed by atoms with Crippen LogP contribution in [0.2, 0.25) is 0 Å². The molecule has 0 aromatic rings. The minimum atomic E-state index is 0.610. The molecular formula is C15H30N4. The maximum Gasteiger partial charge on any atom is 0.191 e. The van der Waals surface area contributed by atoms with Crippen molar-refractivity contribution in [2.75, 3.05) is 39.3 Å². The number of nitrogens with zero attached hydrogens (tertiary/aromatic N) is 3. The highest BCUT2D eigenvalue weighted by Gasteiger charge is 2.18. The molecule has 0 aromatic heterocycles. The zero-order valence-corrected chi connectivity index (χ0v) is 12.6. The summed E-state index contributed by atoms with van der Waals surface area (Å²) in [5.41, 5.74) is 6.13. The van der Waals surface area contributed by atoms with Gasteiger partial charge in [-0.15, -0.1) is 0 Å². The van der Waals surface area contributed by atoms with Crippen LogP contribution < -0.4 is 5.73 Å². The van der Waals surface area contributed by atoms with Gasteiger partial charge in [-0.25, -0.2) is 0 Å². The van der Waals surface area contributed by atoms with Crippen LogP contribution in [0.5, 0.6) is 0 Å². The molecule has 2 aliphatic heterocycles. The maximum absolute atomic E-state index is 6.13. The number of nitrogens with two attached hydrogens (primary N) is 1. The Morgan fingerprint density at radius 2 is 2.00 bits per heavy atom. The summed E-state index contributed by atoms with van der Waals surface area (Å²) in [5, 5.41) is 0. The number of guanidine groups is 1. The lowest BCUT2D eigenvalue weighted by molar-refractivity contribution is 0.268. The molecule has 2 unspecified atom stereocenters. The van der Waals surface area contributed by atoms with Crippen molar-refractivity contribution in [2.24, 2.45) is 22.6 Å². The molecule has 0 bridgehead atoms. The molecule has 4 heteroatoms. The number of aliphatic imine (C=N–C) groups is 1. The van der Waals surface area contributed by atoms with E-state index in [1.165, 1.54) is 45.3 Å². The van der Waals surface area contributed by atoms with Gasteiger partial charge in [0.05, 0.1) is 0 Å². The van der Waals surface area contributed by atoms with Crippen LogP contribution in [0.3, 0.4) is 0 Å². The van der Waals surface area contributed by atoms with Crippen LogP contribution in [0.25, 0.3) is 0 Å². The lowest BCUT2D eigenvalue weighted by atomic mass is 10.0. The summed E-state index contributed by atoms with van der Waals surface area (Å²) < 4.78 is 0. The van der Waals surface area contributed by atoms with Crippen molar-refractivity contribution >= 4 is 5.96 Å². The number of hydrogen-bond acceptors (Lipinski definition) is 2. The van der Waals surface area contributed by atoms with Crippen molar-refractivity contribution in [1.29, 1.82) is 0 Å². The third-order valence-corrected chi connectivity index (χ3v) is 4.31. The van der Waals surface area contributed by atoms with E-state index in [9.17, 15) is 0 Å². The summed E-state index contributed by atoms with van der Waals surface area (Å²) in [6, 6.07) is 0. The Bertz CT molecular complexity index is 297. The smallest absolute Gasteiger partial charge is 0.191 e. The topological polar surface area (TPSA) is 44.9 Å². The number of piperidine rings is 1. The summed E-state index contributed by atoms with van der Waals surface area (Å²) in [7, 11) is 0. The molecule has 0 amide bonds. The minimum Gasteiger partial charge on any atom is -0.370 e. The normalized spacial score (nSPS) is 27.8.